The molecule has 0 bridgehead atoms. The third-order valence-electron chi connectivity index (χ3n) is 4.59. The highest BCUT2D eigenvalue weighted by molar-refractivity contribution is 7.07. The van der Waals surface area contributed by atoms with Crippen LogP contribution >= 0.6 is 11.3 Å². The molecule has 0 saturated heterocycles. The summed E-state index contributed by atoms with van der Waals surface area (Å²) in [5, 5.41) is 9.44. The molecule has 0 aliphatic carbocycles. The summed E-state index contributed by atoms with van der Waals surface area (Å²) < 4.78 is 3.34. The van der Waals surface area contributed by atoms with Gasteiger partial charge in [0.05, 0.1) is 11.4 Å². The Morgan fingerprint density at radius 2 is 1.76 bits per heavy atom. The molecule has 6 nitrogen and oxygen atoms in total. The highest BCUT2D eigenvalue weighted by Crippen LogP contribution is 2.24. The Labute approximate surface area is 172 Å². The lowest BCUT2D eigenvalue weighted by molar-refractivity contribution is -0.116. The predicted molar refractivity (Wildman–Crippen MR) is 116 cm³/mol. The van der Waals surface area contributed by atoms with Crippen molar-refractivity contribution in [1.82, 2.24) is 14.3 Å². The number of amides is 1. The minimum Gasteiger partial charge on any atom is -0.311 e. The molecule has 1 amide bonds. The Hall–Kier alpha value is -3.45. The summed E-state index contributed by atoms with van der Waals surface area (Å²) in [6.07, 6.45) is 0.206. The van der Waals surface area contributed by atoms with Crippen molar-refractivity contribution in [3.05, 3.63) is 87.5 Å². The van der Waals surface area contributed by atoms with E-state index in [4.69, 9.17) is 5.10 Å². The molecule has 0 aliphatic heterocycles. The molecule has 0 unspecified atom stereocenters. The minimum absolute atomic E-state index is 0.0454. The maximum atomic E-state index is 12.6. The van der Waals surface area contributed by atoms with Crippen molar-refractivity contribution in [2.75, 3.05) is 5.32 Å². The van der Waals surface area contributed by atoms with Gasteiger partial charge in [0.1, 0.15) is 5.82 Å². The van der Waals surface area contributed by atoms with Crippen LogP contribution in [0.15, 0.2) is 76.9 Å². The lowest BCUT2D eigenvalue weighted by Gasteiger charge is -2.09. The molecule has 1 N–H and O–H groups in total. The topological polar surface area (TPSA) is 68.9 Å². The van der Waals surface area contributed by atoms with Gasteiger partial charge in [0.25, 0.3) is 0 Å². The molecule has 0 atom stereocenters. The van der Waals surface area contributed by atoms with Crippen molar-refractivity contribution in [3.63, 3.8) is 0 Å². The number of nitrogens with one attached hydrogen (secondary N) is 1. The maximum Gasteiger partial charge on any atom is 0.307 e. The molecular formula is C22H20N4O2S. The van der Waals surface area contributed by atoms with E-state index >= 15 is 0 Å². The molecule has 146 valence electrons. The van der Waals surface area contributed by atoms with Gasteiger partial charge in [-0.1, -0.05) is 59.9 Å². The summed E-state index contributed by atoms with van der Waals surface area (Å²) in [6.45, 7) is 2.22. The van der Waals surface area contributed by atoms with Crippen molar-refractivity contribution in [1.29, 1.82) is 0 Å². The molecule has 0 spiro atoms. The predicted octanol–water partition coefficient (Wildman–Crippen LogP) is 4.10. The van der Waals surface area contributed by atoms with Crippen LogP contribution in [-0.2, 0) is 11.3 Å². The lowest BCUT2D eigenvalue weighted by Crippen LogP contribution is -2.21. The Bertz CT molecular complexity index is 1180. The Kier molecular flexibility index (Phi) is 5.39. The van der Waals surface area contributed by atoms with Gasteiger partial charge in [-0.3, -0.25) is 9.59 Å². The lowest BCUT2D eigenvalue weighted by atomic mass is 10.1. The van der Waals surface area contributed by atoms with E-state index in [-0.39, 0.29) is 17.2 Å². The highest BCUT2D eigenvalue weighted by atomic mass is 32.1. The molecule has 4 aromatic rings. The number of nitrogens with zero attached hydrogens (tertiary/aromatic N) is 3. The Morgan fingerprint density at radius 3 is 2.41 bits per heavy atom. The van der Waals surface area contributed by atoms with Crippen LogP contribution in [0.25, 0.3) is 16.9 Å². The second kappa shape index (κ2) is 8.28. The average molecular weight is 404 g/mol. The molecule has 2 heterocycles. The fourth-order valence-corrected chi connectivity index (χ4v) is 3.84. The second-order valence-electron chi connectivity index (χ2n) is 6.62. The van der Waals surface area contributed by atoms with Crippen LogP contribution in [0.3, 0.4) is 0 Å². The van der Waals surface area contributed by atoms with Crippen LogP contribution in [0.2, 0.25) is 0 Å². The molecule has 0 aliphatic rings. The van der Waals surface area contributed by atoms with Crippen LogP contribution in [0, 0.1) is 6.92 Å². The first kappa shape index (κ1) is 18.9. The number of carbonyl (C=O) groups is 1. The summed E-state index contributed by atoms with van der Waals surface area (Å²) in [5.41, 5.74) is 3.47. The fraction of sp³-hybridized carbons (Fsp3) is 0.136. The Balaban J connectivity index is 1.59. The normalized spacial score (nSPS) is 10.8. The number of carbonyl (C=O) groups excluding carboxylic acids is 1. The number of hydrogen-bond donors (Lipinski definition) is 1. The van der Waals surface area contributed by atoms with E-state index < -0.39 is 0 Å². The first-order valence-electron chi connectivity index (χ1n) is 9.27. The zero-order chi connectivity index (χ0) is 20.2. The van der Waals surface area contributed by atoms with Crippen molar-refractivity contribution >= 4 is 23.1 Å². The third kappa shape index (κ3) is 4.20. The molecular weight excluding hydrogens is 384 g/mol. The number of anilines is 1. The summed E-state index contributed by atoms with van der Waals surface area (Å²) in [7, 11) is 0. The maximum absolute atomic E-state index is 12.6. The monoisotopic (exact) mass is 404 g/mol. The van der Waals surface area contributed by atoms with Crippen LogP contribution in [-0.4, -0.2) is 20.3 Å². The zero-order valence-corrected chi connectivity index (χ0v) is 16.7. The molecule has 0 saturated carbocycles. The van der Waals surface area contributed by atoms with Gasteiger partial charge in [-0.2, -0.15) is 5.10 Å². The highest BCUT2D eigenvalue weighted by Gasteiger charge is 2.14. The van der Waals surface area contributed by atoms with Gasteiger partial charge < -0.3 is 9.88 Å². The number of aromatic nitrogens is 3. The van der Waals surface area contributed by atoms with E-state index in [1.54, 1.807) is 14.6 Å². The van der Waals surface area contributed by atoms with Gasteiger partial charge >= 0.3 is 4.87 Å². The van der Waals surface area contributed by atoms with E-state index in [9.17, 15) is 9.59 Å². The van der Waals surface area contributed by atoms with Gasteiger partial charge in [0, 0.05) is 35.7 Å². The van der Waals surface area contributed by atoms with Crippen molar-refractivity contribution in [3.8, 4) is 16.9 Å². The van der Waals surface area contributed by atoms with E-state index in [1.165, 1.54) is 0 Å². The van der Waals surface area contributed by atoms with E-state index in [1.807, 2.05) is 73.7 Å². The standard InChI is InChI=1S/C22H20N4O2S/c1-16-15-29-22(28)25(16)13-12-21(27)23-20-14-19(17-8-4-2-5-9-17)24-26(20)18-10-6-3-7-11-18/h2-11,14-15H,12-13H2,1H3,(H,23,27). The van der Waals surface area contributed by atoms with E-state index in [0.29, 0.717) is 12.4 Å². The van der Waals surface area contributed by atoms with Crippen molar-refractivity contribution < 1.29 is 4.79 Å². The summed E-state index contributed by atoms with van der Waals surface area (Å²) >= 11 is 1.15. The van der Waals surface area contributed by atoms with Crippen LogP contribution in [0.4, 0.5) is 5.82 Å². The quantitative estimate of drug-likeness (QED) is 0.526. The van der Waals surface area contributed by atoms with Gasteiger partial charge in [-0.15, -0.1) is 0 Å². The van der Waals surface area contributed by atoms with Crippen molar-refractivity contribution in [2.45, 2.75) is 19.9 Å². The largest absolute Gasteiger partial charge is 0.311 e. The number of para-hydroxylation sites is 1. The van der Waals surface area contributed by atoms with E-state index in [2.05, 4.69) is 5.32 Å². The molecule has 2 aromatic heterocycles. The molecule has 29 heavy (non-hydrogen) atoms. The van der Waals surface area contributed by atoms with Crippen LogP contribution in [0.5, 0.6) is 0 Å². The zero-order valence-electron chi connectivity index (χ0n) is 15.9. The number of thiazole rings is 1. The van der Waals surface area contributed by atoms with Gasteiger partial charge in [0.15, 0.2) is 0 Å². The first-order valence-corrected chi connectivity index (χ1v) is 10.2. The third-order valence-corrected chi connectivity index (χ3v) is 5.47. The van der Waals surface area contributed by atoms with Gasteiger partial charge in [-0.25, -0.2) is 4.68 Å². The summed E-state index contributed by atoms with van der Waals surface area (Å²) in [5.74, 6) is 0.425. The molecule has 4 rings (SSSR count). The number of hydrogen-bond acceptors (Lipinski definition) is 4. The molecule has 7 heteroatoms. The average Bonchev–Trinajstić information content (AvgIpc) is 3.31. The first-order chi connectivity index (χ1) is 14.1. The van der Waals surface area contributed by atoms with Gasteiger partial charge in [-0.05, 0) is 19.1 Å². The van der Waals surface area contributed by atoms with Crippen LogP contribution in [0.1, 0.15) is 12.1 Å². The smallest absolute Gasteiger partial charge is 0.307 e. The SMILES string of the molecule is Cc1csc(=O)n1CCC(=O)Nc1cc(-c2ccccc2)nn1-c1ccccc1. The number of aryl methyl sites for hydroxylation is 1. The molecule has 0 fully saturated rings. The number of rotatable bonds is 6. The van der Waals surface area contributed by atoms with Gasteiger partial charge in [0.2, 0.25) is 5.91 Å². The molecule has 0 radical (unpaired) electrons. The van der Waals surface area contributed by atoms with Crippen LogP contribution < -0.4 is 10.2 Å². The Morgan fingerprint density at radius 1 is 1.07 bits per heavy atom. The second-order valence-corrected chi connectivity index (χ2v) is 7.44. The summed E-state index contributed by atoms with van der Waals surface area (Å²) in [4.78, 5) is 24.4. The number of benzene rings is 2. The minimum atomic E-state index is -0.167. The molecule has 2 aromatic carbocycles. The summed E-state index contributed by atoms with van der Waals surface area (Å²) in [6, 6.07) is 21.3. The fourth-order valence-electron chi connectivity index (χ4n) is 3.08. The van der Waals surface area contributed by atoms with E-state index in [0.717, 1.165) is 34.0 Å². The van der Waals surface area contributed by atoms with Crippen molar-refractivity contribution in [2.24, 2.45) is 0 Å².